The van der Waals surface area contributed by atoms with Crippen LogP contribution in [0.2, 0.25) is 0 Å². The zero-order chi connectivity index (χ0) is 21.8. The second-order valence-corrected chi connectivity index (χ2v) is 8.78. The van der Waals surface area contributed by atoms with E-state index in [1.165, 1.54) is 10.3 Å². The largest absolute Gasteiger partial charge is 0.483 e. The number of ether oxygens (including phenoxy) is 1. The quantitative estimate of drug-likeness (QED) is 0.351. The molecule has 1 amide bonds. The summed E-state index contributed by atoms with van der Waals surface area (Å²) in [5.41, 5.74) is 5.15. The summed E-state index contributed by atoms with van der Waals surface area (Å²) in [5, 5.41) is 3.88. The molecule has 0 fully saturated rings. The monoisotopic (exact) mass is 430 g/mol. The third-order valence-electron chi connectivity index (χ3n) is 5.38. The number of carbonyl (C=O) groups is 1. The van der Waals surface area contributed by atoms with Gasteiger partial charge in [-0.05, 0) is 72.9 Å². The lowest BCUT2D eigenvalue weighted by atomic mass is 9.98. The lowest BCUT2D eigenvalue weighted by Gasteiger charge is -2.15. The molecule has 3 aromatic carbocycles. The highest BCUT2D eigenvalue weighted by Gasteiger charge is 2.12. The molecule has 4 aromatic rings. The maximum Gasteiger partial charge on any atom is 0.262 e. The Morgan fingerprint density at radius 3 is 2.65 bits per heavy atom. The van der Waals surface area contributed by atoms with Crippen molar-refractivity contribution in [1.29, 1.82) is 0 Å². The van der Waals surface area contributed by atoms with Crippen LogP contribution < -0.4 is 10.1 Å². The third kappa shape index (κ3) is 4.94. The summed E-state index contributed by atoms with van der Waals surface area (Å²) in [5.74, 6) is 0.980. The van der Waals surface area contributed by atoms with Crippen LogP contribution in [0.4, 0.5) is 5.69 Å². The number of fused-ring (bicyclic) bond motifs is 1. The van der Waals surface area contributed by atoms with Gasteiger partial charge in [0.05, 0.1) is 10.2 Å². The number of anilines is 1. The average Bonchev–Trinajstić information content (AvgIpc) is 3.21. The Balaban J connectivity index is 1.39. The van der Waals surface area contributed by atoms with E-state index in [1.807, 2.05) is 42.5 Å². The van der Waals surface area contributed by atoms with Gasteiger partial charge in [0, 0.05) is 11.3 Å². The van der Waals surface area contributed by atoms with Gasteiger partial charge >= 0.3 is 0 Å². The lowest BCUT2D eigenvalue weighted by molar-refractivity contribution is -0.118. The van der Waals surface area contributed by atoms with Crippen molar-refractivity contribution in [2.24, 2.45) is 0 Å². The minimum absolute atomic E-state index is 0.0214. The smallest absolute Gasteiger partial charge is 0.262 e. The van der Waals surface area contributed by atoms with Crippen molar-refractivity contribution >= 4 is 33.1 Å². The summed E-state index contributed by atoms with van der Waals surface area (Å²) in [4.78, 5) is 17.1. The number of amides is 1. The molecule has 4 nitrogen and oxygen atoms in total. The van der Waals surface area contributed by atoms with E-state index in [1.54, 1.807) is 11.3 Å². The van der Waals surface area contributed by atoms with Crippen molar-refractivity contribution in [3.05, 3.63) is 77.9 Å². The number of nitrogens with zero attached hydrogens (tertiary/aromatic N) is 1. The zero-order valence-electron chi connectivity index (χ0n) is 18.0. The fraction of sp³-hybridized carbons (Fsp3) is 0.231. The highest BCUT2D eigenvalue weighted by molar-refractivity contribution is 7.21. The molecule has 31 heavy (non-hydrogen) atoms. The third-order valence-corrected chi connectivity index (χ3v) is 6.45. The molecule has 5 heteroatoms. The summed E-state index contributed by atoms with van der Waals surface area (Å²) >= 11 is 1.68. The van der Waals surface area contributed by atoms with Gasteiger partial charge in [0.1, 0.15) is 10.8 Å². The van der Waals surface area contributed by atoms with Gasteiger partial charge in [0.25, 0.3) is 5.91 Å². The molecule has 1 unspecified atom stereocenters. The van der Waals surface area contributed by atoms with E-state index in [2.05, 4.69) is 50.4 Å². The minimum atomic E-state index is -0.179. The second-order valence-electron chi connectivity index (χ2n) is 7.75. The topological polar surface area (TPSA) is 51.2 Å². The van der Waals surface area contributed by atoms with Gasteiger partial charge in [0.2, 0.25) is 0 Å². The fourth-order valence-corrected chi connectivity index (χ4v) is 4.50. The number of thiazole rings is 1. The normalized spacial score (nSPS) is 12.0. The van der Waals surface area contributed by atoms with E-state index >= 15 is 0 Å². The molecule has 0 saturated heterocycles. The maximum absolute atomic E-state index is 12.4. The van der Waals surface area contributed by atoms with Crippen molar-refractivity contribution in [1.82, 2.24) is 4.98 Å². The van der Waals surface area contributed by atoms with E-state index < -0.39 is 0 Å². The predicted molar refractivity (Wildman–Crippen MR) is 129 cm³/mol. The highest BCUT2D eigenvalue weighted by atomic mass is 32.1. The molecule has 0 aliphatic rings. The van der Waals surface area contributed by atoms with Gasteiger partial charge in [-0.25, -0.2) is 4.98 Å². The van der Waals surface area contributed by atoms with Crippen LogP contribution in [-0.4, -0.2) is 17.5 Å². The lowest BCUT2D eigenvalue weighted by Crippen LogP contribution is -2.20. The number of aryl methyl sites for hydroxylation is 1. The Morgan fingerprint density at radius 2 is 1.87 bits per heavy atom. The number of hydrogen-bond donors (Lipinski definition) is 1. The molecule has 0 aliphatic carbocycles. The molecule has 4 rings (SSSR count). The van der Waals surface area contributed by atoms with Crippen LogP contribution in [-0.2, 0) is 4.79 Å². The molecule has 0 bridgehead atoms. The van der Waals surface area contributed by atoms with E-state index in [0.29, 0.717) is 5.92 Å². The summed E-state index contributed by atoms with van der Waals surface area (Å²) in [6, 6.07) is 22.0. The van der Waals surface area contributed by atoms with Crippen LogP contribution in [0.15, 0.2) is 66.7 Å². The Hall–Kier alpha value is -3.18. The van der Waals surface area contributed by atoms with Crippen molar-refractivity contribution in [3.8, 4) is 16.3 Å². The highest BCUT2D eigenvalue weighted by Crippen LogP contribution is 2.31. The van der Waals surface area contributed by atoms with Crippen LogP contribution >= 0.6 is 11.3 Å². The van der Waals surface area contributed by atoms with E-state index in [0.717, 1.165) is 39.5 Å². The Kier molecular flexibility index (Phi) is 6.33. The molecule has 1 heterocycles. The first-order chi connectivity index (χ1) is 15.0. The van der Waals surface area contributed by atoms with Crippen LogP contribution in [0.5, 0.6) is 5.75 Å². The Labute approximate surface area is 186 Å². The number of para-hydroxylation sites is 1. The predicted octanol–water partition coefficient (Wildman–Crippen LogP) is 6.80. The molecule has 0 saturated carbocycles. The number of carbonyl (C=O) groups excluding carboxylic acids is 1. The standard InChI is InChI=1S/C26H26N2O2S/c1-4-18(3)21-7-5-6-8-23(21)30-16-25(29)27-20-12-10-19(11-13-20)26-28-22-14-9-17(2)15-24(22)31-26/h5-15,18H,4,16H2,1-3H3,(H,27,29). The Morgan fingerprint density at radius 1 is 1.10 bits per heavy atom. The van der Waals surface area contributed by atoms with Crippen LogP contribution in [0.1, 0.15) is 37.3 Å². The van der Waals surface area contributed by atoms with E-state index in [4.69, 9.17) is 9.72 Å². The van der Waals surface area contributed by atoms with Crippen LogP contribution in [0.25, 0.3) is 20.8 Å². The van der Waals surface area contributed by atoms with Crippen molar-refractivity contribution in [3.63, 3.8) is 0 Å². The zero-order valence-corrected chi connectivity index (χ0v) is 18.8. The first kappa shape index (κ1) is 21.1. The van der Waals surface area contributed by atoms with Gasteiger partial charge < -0.3 is 10.1 Å². The molecule has 1 atom stereocenters. The fourth-order valence-electron chi connectivity index (χ4n) is 3.43. The van der Waals surface area contributed by atoms with Crippen LogP contribution in [0, 0.1) is 6.92 Å². The first-order valence-electron chi connectivity index (χ1n) is 10.5. The molecule has 1 N–H and O–H groups in total. The molecule has 158 valence electrons. The summed E-state index contributed by atoms with van der Waals surface area (Å²) < 4.78 is 6.99. The van der Waals surface area contributed by atoms with Crippen molar-refractivity contribution in [2.45, 2.75) is 33.1 Å². The molecule has 0 radical (unpaired) electrons. The number of aromatic nitrogens is 1. The van der Waals surface area contributed by atoms with Gasteiger partial charge in [-0.1, -0.05) is 38.1 Å². The summed E-state index contributed by atoms with van der Waals surface area (Å²) in [7, 11) is 0. The second kappa shape index (κ2) is 9.31. The molecule has 1 aromatic heterocycles. The van der Waals surface area contributed by atoms with Gasteiger partial charge in [0.15, 0.2) is 6.61 Å². The van der Waals surface area contributed by atoms with E-state index in [-0.39, 0.29) is 12.5 Å². The number of benzene rings is 3. The number of nitrogens with one attached hydrogen (secondary N) is 1. The average molecular weight is 431 g/mol. The Bertz CT molecular complexity index is 1200. The number of rotatable bonds is 7. The minimum Gasteiger partial charge on any atom is -0.483 e. The first-order valence-corrected chi connectivity index (χ1v) is 11.3. The SMILES string of the molecule is CCC(C)c1ccccc1OCC(=O)Nc1ccc(-c2nc3ccc(C)cc3s2)cc1. The van der Waals surface area contributed by atoms with Crippen molar-refractivity contribution in [2.75, 3.05) is 11.9 Å². The van der Waals surface area contributed by atoms with Gasteiger partial charge in [-0.15, -0.1) is 11.3 Å². The van der Waals surface area contributed by atoms with Crippen molar-refractivity contribution < 1.29 is 9.53 Å². The number of hydrogen-bond acceptors (Lipinski definition) is 4. The maximum atomic E-state index is 12.4. The van der Waals surface area contributed by atoms with Gasteiger partial charge in [-0.3, -0.25) is 4.79 Å². The summed E-state index contributed by atoms with van der Waals surface area (Å²) in [6.45, 7) is 6.37. The molecule has 0 aliphatic heterocycles. The molecular weight excluding hydrogens is 404 g/mol. The van der Waals surface area contributed by atoms with Crippen LogP contribution in [0.3, 0.4) is 0 Å². The van der Waals surface area contributed by atoms with E-state index in [9.17, 15) is 4.79 Å². The van der Waals surface area contributed by atoms with Gasteiger partial charge in [-0.2, -0.15) is 0 Å². The molecular formula is C26H26N2O2S. The molecule has 0 spiro atoms. The summed E-state index contributed by atoms with van der Waals surface area (Å²) in [6.07, 6.45) is 1.02.